The van der Waals surface area contributed by atoms with Crippen LogP contribution in [0.1, 0.15) is 24.5 Å². The molecule has 0 saturated heterocycles. The normalized spacial score (nSPS) is 13.6. The van der Waals surface area contributed by atoms with Crippen LogP contribution in [0, 0.1) is 13.8 Å². The molecule has 1 aromatic carbocycles. The van der Waals surface area contributed by atoms with Crippen molar-refractivity contribution in [3.8, 4) is 0 Å². The van der Waals surface area contributed by atoms with Gasteiger partial charge < -0.3 is 5.11 Å². The van der Waals surface area contributed by atoms with Crippen molar-refractivity contribution in [2.45, 2.75) is 38.1 Å². The lowest BCUT2D eigenvalue weighted by molar-refractivity contribution is 0.254. The average molecular weight is 257 g/mol. The topological polar surface area (TPSA) is 66.4 Å². The SMILES string of the molecule is CC[C@@H](CO)NS(=O)(=O)c1cc(C)ccc1C. The van der Waals surface area contributed by atoms with E-state index in [-0.39, 0.29) is 11.5 Å². The van der Waals surface area contributed by atoms with Gasteiger partial charge in [-0.3, -0.25) is 0 Å². The van der Waals surface area contributed by atoms with Gasteiger partial charge in [0.2, 0.25) is 10.0 Å². The highest BCUT2D eigenvalue weighted by atomic mass is 32.2. The van der Waals surface area contributed by atoms with Crippen molar-refractivity contribution in [2.24, 2.45) is 0 Å². The van der Waals surface area contributed by atoms with Crippen LogP contribution in [0.5, 0.6) is 0 Å². The molecule has 0 aliphatic carbocycles. The molecule has 0 radical (unpaired) electrons. The van der Waals surface area contributed by atoms with E-state index in [0.717, 1.165) is 5.56 Å². The Morgan fingerprint density at radius 2 is 2.00 bits per heavy atom. The molecule has 0 saturated carbocycles. The molecule has 0 unspecified atom stereocenters. The molecule has 0 heterocycles. The van der Waals surface area contributed by atoms with Crippen LogP contribution in [0.2, 0.25) is 0 Å². The van der Waals surface area contributed by atoms with Crippen molar-refractivity contribution in [3.63, 3.8) is 0 Å². The molecule has 0 aliphatic heterocycles. The van der Waals surface area contributed by atoms with E-state index in [9.17, 15) is 8.42 Å². The summed E-state index contributed by atoms with van der Waals surface area (Å²) in [7, 11) is -3.55. The van der Waals surface area contributed by atoms with Crippen LogP contribution in [-0.4, -0.2) is 26.2 Å². The van der Waals surface area contributed by atoms with E-state index in [4.69, 9.17) is 5.11 Å². The molecule has 0 amide bonds. The Bertz CT molecular complexity index is 479. The number of aliphatic hydroxyl groups is 1. The van der Waals surface area contributed by atoms with Crippen molar-refractivity contribution in [2.75, 3.05) is 6.61 Å². The zero-order valence-corrected chi connectivity index (χ0v) is 11.2. The summed E-state index contributed by atoms with van der Waals surface area (Å²) >= 11 is 0. The summed E-state index contributed by atoms with van der Waals surface area (Å²) in [6, 6.07) is 4.86. The third-order valence-corrected chi connectivity index (χ3v) is 4.33. The fourth-order valence-corrected chi connectivity index (χ4v) is 3.17. The van der Waals surface area contributed by atoms with Crippen molar-refractivity contribution in [3.05, 3.63) is 29.3 Å². The van der Waals surface area contributed by atoms with Crippen LogP contribution in [0.4, 0.5) is 0 Å². The standard InChI is InChI=1S/C12H19NO3S/c1-4-11(8-14)13-17(15,16)12-7-9(2)5-6-10(12)3/h5-7,11,13-14H,4,8H2,1-3H3/t11-/m0/s1. The molecule has 4 nitrogen and oxygen atoms in total. The Morgan fingerprint density at radius 1 is 1.35 bits per heavy atom. The Labute approximate surface area is 103 Å². The van der Waals surface area contributed by atoms with Crippen LogP contribution in [-0.2, 0) is 10.0 Å². The lowest BCUT2D eigenvalue weighted by atomic mass is 10.2. The van der Waals surface area contributed by atoms with Gasteiger partial charge in [0, 0.05) is 6.04 Å². The first-order valence-corrected chi connectivity index (χ1v) is 7.09. The van der Waals surface area contributed by atoms with E-state index in [0.29, 0.717) is 12.0 Å². The lowest BCUT2D eigenvalue weighted by Gasteiger charge is -2.16. The maximum Gasteiger partial charge on any atom is 0.241 e. The summed E-state index contributed by atoms with van der Waals surface area (Å²) in [5.41, 5.74) is 1.60. The Hall–Kier alpha value is -0.910. The predicted molar refractivity (Wildman–Crippen MR) is 67.4 cm³/mol. The van der Waals surface area contributed by atoms with Gasteiger partial charge in [-0.2, -0.15) is 0 Å². The lowest BCUT2D eigenvalue weighted by Crippen LogP contribution is -2.37. The first kappa shape index (κ1) is 14.2. The Kier molecular flexibility index (Phi) is 4.68. The van der Waals surface area contributed by atoms with Crippen molar-refractivity contribution < 1.29 is 13.5 Å². The summed E-state index contributed by atoms with van der Waals surface area (Å²) in [5, 5.41) is 9.03. The molecule has 1 atom stereocenters. The maximum absolute atomic E-state index is 12.1. The minimum absolute atomic E-state index is 0.194. The molecule has 0 bridgehead atoms. The minimum Gasteiger partial charge on any atom is -0.395 e. The zero-order valence-electron chi connectivity index (χ0n) is 10.4. The zero-order chi connectivity index (χ0) is 13.1. The smallest absolute Gasteiger partial charge is 0.241 e. The third-order valence-electron chi connectivity index (χ3n) is 2.67. The third kappa shape index (κ3) is 3.52. The van der Waals surface area contributed by atoms with Crippen LogP contribution in [0.25, 0.3) is 0 Å². The second kappa shape index (κ2) is 5.62. The molecule has 0 fully saturated rings. The van der Waals surface area contributed by atoms with E-state index in [2.05, 4.69) is 4.72 Å². The van der Waals surface area contributed by atoms with Crippen molar-refractivity contribution in [1.29, 1.82) is 0 Å². The highest BCUT2D eigenvalue weighted by Gasteiger charge is 2.20. The van der Waals surface area contributed by atoms with Gasteiger partial charge in [-0.25, -0.2) is 13.1 Å². The van der Waals surface area contributed by atoms with Crippen molar-refractivity contribution in [1.82, 2.24) is 4.72 Å². The van der Waals surface area contributed by atoms with Crippen LogP contribution >= 0.6 is 0 Å². The van der Waals surface area contributed by atoms with E-state index >= 15 is 0 Å². The second-order valence-corrected chi connectivity index (χ2v) is 5.86. The van der Waals surface area contributed by atoms with Gasteiger partial charge in [0.05, 0.1) is 11.5 Å². The molecule has 2 N–H and O–H groups in total. The summed E-state index contributed by atoms with van der Waals surface area (Å²) in [6.45, 7) is 5.24. The fourth-order valence-electron chi connectivity index (χ4n) is 1.53. The van der Waals surface area contributed by atoms with E-state index in [1.54, 1.807) is 19.1 Å². The molecule has 0 aliphatic rings. The first-order valence-electron chi connectivity index (χ1n) is 5.61. The molecule has 5 heteroatoms. The van der Waals surface area contributed by atoms with Gasteiger partial charge in [-0.15, -0.1) is 0 Å². The summed E-state index contributed by atoms with van der Waals surface area (Å²) in [5.74, 6) is 0. The number of rotatable bonds is 5. The number of nitrogens with one attached hydrogen (secondary N) is 1. The molecule has 0 spiro atoms. The van der Waals surface area contributed by atoms with E-state index in [1.165, 1.54) is 0 Å². The number of hydrogen-bond donors (Lipinski definition) is 2. The quantitative estimate of drug-likeness (QED) is 0.837. The number of aliphatic hydroxyl groups excluding tert-OH is 1. The summed E-state index contributed by atoms with van der Waals surface area (Å²) in [4.78, 5) is 0.282. The number of hydrogen-bond acceptors (Lipinski definition) is 3. The van der Waals surface area contributed by atoms with Crippen molar-refractivity contribution >= 4 is 10.0 Å². The number of sulfonamides is 1. The van der Waals surface area contributed by atoms with Gasteiger partial charge in [0.1, 0.15) is 0 Å². The number of aryl methyl sites for hydroxylation is 2. The first-order chi connectivity index (χ1) is 7.90. The van der Waals surface area contributed by atoms with Crippen LogP contribution in [0.15, 0.2) is 23.1 Å². The number of benzene rings is 1. The fraction of sp³-hybridized carbons (Fsp3) is 0.500. The maximum atomic E-state index is 12.1. The molecular weight excluding hydrogens is 238 g/mol. The highest BCUT2D eigenvalue weighted by molar-refractivity contribution is 7.89. The summed E-state index contributed by atoms with van der Waals surface area (Å²) < 4.78 is 26.7. The molecule has 0 aromatic heterocycles. The highest BCUT2D eigenvalue weighted by Crippen LogP contribution is 2.17. The van der Waals surface area contributed by atoms with Crippen LogP contribution in [0.3, 0.4) is 0 Å². The van der Waals surface area contributed by atoms with E-state index < -0.39 is 16.1 Å². The minimum atomic E-state index is -3.55. The summed E-state index contributed by atoms with van der Waals surface area (Å²) in [6.07, 6.45) is 0.556. The largest absolute Gasteiger partial charge is 0.395 e. The van der Waals surface area contributed by atoms with Gasteiger partial charge in [0.25, 0.3) is 0 Å². The Morgan fingerprint density at radius 3 is 2.53 bits per heavy atom. The van der Waals surface area contributed by atoms with Gasteiger partial charge >= 0.3 is 0 Å². The molecular formula is C12H19NO3S. The monoisotopic (exact) mass is 257 g/mol. The van der Waals surface area contributed by atoms with Gasteiger partial charge in [-0.1, -0.05) is 19.1 Å². The molecule has 96 valence electrons. The molecule has 1 aromatic rings. The molecule has 1 rings (SSSR count). The second-order valence-electron chi connectivity index (χ2n) is 4.18. The van der Waals surface area contributed by atoms with Crippen LogP contribution < -0.4 is 4.72 Å². The van der Waals surface area contributed by atoms with Gasteiger partial charge in [-0.05, 0) is 37.5 Å². The van der Waals surface area contributed by atoms with E-state index in [1.807, 2.05) is 19.9 Å². The molecule has 17 heavy (non-hydrogen) atoms. The van der Waals surface area contributed by atoms with Gasteiger partial charge in [0.15, 0.2) is 0 Å². The predicted octanol–water partition coefficient (Wildman–Crippen LogP) is 1.35. The average Bonchev–Trinajstić information content (AvgIpc) is 2.29. The Balaban J connectivity index is 3.09.